The fraction of sp³-hybridized carbons (Fsp3) is 0.600. The summed E-state index contributed by atoms with van der Waals surface area (Å²) >= 11 is 5.82. The molecule has 0 aliphatic heterocycles. The molecule has 0 amide bonds. The Labute approximate surface area is 150 Å². The summed E-state index contributed by atoms with van der Waals surface area (Å²) in [7, 11) is 0. The molecular formula is C20H29ClO3. The molecule has 0 aromatic heterocycles. The summed E-state index contributed by atoms with van der Waals surface area (Å²) in [5.41, 5.74) is 0.713. The lowest BCUT2D eigenvalue weighted by Gasteiger charge is -2.17. The van der Waals surface area contributed by atoms with E-state index < -0.39 is 0 Å². The first-order valence-corrected chi connectivity index (χ1v) is 9.36. The molecule has 4 heteroatoms. The zero-order valence-electron chi connectivity index (χ0n) is 14.9. The average Bonchev–Trinajstić information content (AvgIpc) is 2.88. The van der Waals surface area contributed by atoms with Crippen LogP contribution in [0.3, 0.4) is 0 Å². The molecule has 1 rings (SSSR count). The molecule has 0 spiro atoms. The van der Waals surface area contributed by atoms with Crippen LogP contribution in [0.25, 0.3) is 0 Å². The normalized spacial score (nSPS) is 17.5. The molecule has 0 N–H and O–H groups in total. The molecule has 0 fully saturated rings. The smallest absolute Gasteiger partial charge is 0.306 e. The van der Waals surface area contributed by atoms with Crippen LogP contribution >= 0.6 is 11.6 Å². The molecule has 134 valence electrons. The molecule has 1 unspecified atom stereocenters. The zero-order chi connectivity index (χ0) is 17.8. The van der Waals surface area contributed by atoms with Gasteiger partial charge < -0.3 is 4.74 Å². The number of carbonyl (C=O) groups is 2. The predicted molar refractivity (Wildman–Crippen MR) is 98.9 cm³/mol. The van der Waals surface area contributed by atoms with Crippen LogP contribution < -0.4 is 0 Å². The Balaban J connectivity index is 2.49. The lowest BCUT2D eigenvalue weighted by molar-refractivity contribution is -0.149. The van der Waals surface area contributed by atoms with Crippen molar-refractivity contribution in [2.75, 3.05) is 0 Å². The van der Waals surface area contributed by atoms with Crippen molar-refractivity contribution >= 4 is 23.4 Å². The molecule has 0 aromatic carbocycles. The maximum atomic E-state index is 12.0. The monoisotopic (exact) mass is 352 g/mol. The van der Waals surface area contributed by atoms with Gasteiger partial charge in [0.2, 0.25) is 0 Å². The van der Waals surface area contributed by atoms with Crippen LogP contribution in [0.2, 0.25) is 0 Å². The number of halogens is 1. The number of hydrogen-bond donors (Lipinski definition) is 0. The van der Waals surface area contributed by atoms with Gasteiger partial charge in [-0.2, -0.15) is 0 Å². The van der Waals surface area contributed by atoms with Crippen molar-refractivity contribution in [2.45, 2.75) is 77.7 Å². The molecule has 1 atom stereocenters. The van der Waals surface area contributed by atoms with Crippen molar-refractivity contribution in [2.24, 2.45) is 0 Å². The first-order valence-electron chi connectivity index (χ1n) is 8.98. The first-order chi connectivity index (χ1) is 11.6. The van der Waals surface area contributed by atoms with Crippen LogP contribution in [0.15, 0.2) is 34.9 Å². The summed E-state index contributed by atoms with van der Waals surface area (Å²) in [5.74, 6) is -0.241. The van der Waals surface area contributed by atoms with E-state index in [9.17, 15) is 9.59 Å². The summed E-state index contributed by atoms with van der Waals surface area (Å²) in [4.78, 5) is 23.8. The fourth-order valence-corrected chi connectivity index (χ4v) is 2.81. The zero-order valence-corrected chi connectivity index (χ0v) is 15.6. The highest BCUT2D eigenvalue weighted by atomic mass is 35.5. The van der Waals surface area contributed by atoms with E-state index in [1.807, 2.05) is 19.1 Å². The molecule has 0 saturated heterocycles. The Bertz CT molecular complexity index is 503. The van der Waals surface area contributed by atoms with E-state index in [4.69, 9.17) is 16.3 Å². The first kappa shape index (κ1) is 20.7. The Hall–Kier alpha value is -1.35. The minimum Gasteiger partial charge on any atom is -0.462 e. The number of hydrogen-bond acceptors (Lipinski definition) is 3. The minimum absolute atomic E-state index is 0.0957. The molecule has 0 heterocycles. The van der Waals surface area contributed by atoms with Gasteiger partial charge in [0, 0.05) is 18.4 Å². The highest BCUT2D eigenvalue weighted by Crippen LogP contribution is 2.24. The Morgan fingerprint density at radius 2 is 2.17 bits per heavy atom. The van der Waals surface area contributed by atoms with Gasteiger partial charge >= 0.3 is 5.97 Å². The summed E-state index contributed by atoms with van der Waals surface area (Å²) < 4.78 is 5.63. The van der Waals surface area contributed by atoms with Gasteiger partial charge in [-0.05, 0) is 39.0 Å². The van der Waals surface area contributed by atoms with E-state index in [1.165, 1.54) is 0 Å². The molecule has 0 saturated carbocycles. The highest BCUT2D eigenvalue weighted by Gasteiger charge is 2.20. The molecule has 0 radical (unpaired) electrons. The van der Waals surface area contributed by atoms with E-state index in [1.54, 1.807) is 6.08 Å². The molecular weight excluding hydrogens is 324 g/mol. The van der Waals surface area contributed by atoms with Crippen molar-refractivity contribution in [3.8, 4) is 0 Å². The van der Waals surface area contributed by atoms with Crippen LogP contribution in [-0.2, 0) is 14.3 Å². The molecule has 0 bridgehead atoms. The number of ether oxygens (including phenoxy) is 1. The standard InChI is InChI=1S/C20H29ClO3/c1-3-5-7-9-11-19(22)24-17(10-8-6-4-2)14-12-16-13-15-18(21)20(16)23/h3,5,12,15,17H,4,6-11,13-14H2,1-2H3/b5-3-,16-12+. The van der Waals surface area contributed by atoms with Gasteiger partial charge in [-0.1, -0.05) is 55.7 Å². The average molecular weight is 353 g/mol. The molecule has 0 aromatic rings. The summed E-state index contributed by atoms with van der Waals surface area (Å²) in [6.45, 7) is 4.12. The largest absolute Gasteiger partial charge is 0.462 e. The van der Waals surface area contributed by atoms with Crippen LogP contribution in [0.4, 0.5) is 0 Å². The van der Waals surface area contributed by atoms with Gasteiger partial charge in [0.05, 0.1) is 5.03 Å². The van der Waals surface area contributed by atoms with Gasteiger partial charge in [-0.25, -0.2) is 0 Å². The Morgan fingerprint density at radius 1 is 1.38 bits per heavy atom. The van der Waals surface area contributed by atoms with Crippen LogP contribution in [-0.4, -0.2) is 17.9 Å². The second kappa shape index (κ2) is 12.1. The number of unbranched alkanes of at least 4 members (excludes halogenated alkanes) is 3. The molecule has 24 heavy (non-hydrogen) atoms. The summed E-state index contributed by atoms with van der Waals surface area (Å²) in [5, 5.41) is 0.296. The number of rotatable bonds is 11. The van der Waals surface area contributed by atoms with E-state index in [0.29, 0.717) is 29.9 Å². The molecule has 1 aliphatic rings. The van der Waals surface area contributed by atoms with Gasteiger partial charge in [-0.15, -0.1) is 0 Å². The van der Waals surface area contributed by atoms with Crippen molar-refractivity contribution in [1.82, 2.24) is 0 Å². The van der Waals surface area contributed by atoms with Gasteiger partial charge in [0.25, 0.3) is 0 Å². The van der Waals surface area contributed by atoms with Crippen molar-refractivity contribution in [1.29, 1.82) is 0 Å². The predicted octanol–water partition coefficient (Wildman–Crippen LogP) is 5.64. The minimum atomic E-state index is -0.148. The number of ketones is 1. The lowest BCUT2D eigenvalue weighted by atomic mass is 10.0. The summed E-state index contributed by atoms with van der Waals surface area (Å²) in [6, 6.07) is 0. The number of esters is 1. The van der Waals surface area contributed by atoms with Crippen molar-refractivity contribution < 1.29 is 14.3 Å². The van der Waals surface area contributed by atoms with Crippen molar-refractivity contribution in [3.63, 3.8) is 0 Å². The topological polar surface area (TPSA) is 43.4 Å². The van der Waals surface area contributed by atoms with Crippen LogP contribution in [0.5, 0.6) is 0 Å². The SMILES string of the molecule is C/C=C\CCCC(=O)OC(C/C=C1\CC=C(Cl)C1=O)CCCCC. The molecule has 3 nitrogen and oxygen atoms in total. The number of Topliss-reactive ketones (excluding diaryl/α,β-unsaturated/α-hetero) is 1. The maximum absolute atomic E-state index is 12.0. The third-order valence-electron chi connectivity index (χ3n) is 4.05. The quantitative estimate of drug-likeness (QED) is 0.209. The van der Waals surface area contributed by atoms with E-state index >= 15 is 0 Å². The van der Waals surface area contributed by atoms with E-state index in [2.05, 4.69) is 13.0 Å². The van der Waals surface area contributed by atoms with Gasteiger partial charge in [0.1, 0.15) is 6.10 Å². The Morgan fingerprint density at radius 3 is 2.79 bits per heavy atom. The van der Waals surface area contributed by atoms with E-state index in [-0.39, 0.29) is 17.9 Å². The summed E-state index contributed by atoms with van der Waals surface area (Å²) in [6.07, 6.45) is 15.0. The second-order valence-electron chi connectivity index (χ2n) is 6.12. The highest BCUT2D eigenvalue weighted by molar-refractivity contribution is 6.46. The third-order valence-corrected chi connectivity index (χ3v) is 4.38. The van der Waals surface area contributed by atoms with Gasteiger partial charge in [-0.3, -0.25) is 9.59 Å². The third kappa shape index (κ3) is 7.96. The van der Waals surface area contributed by atoms with E-state index in [0.717, 1.165) is 38.5 Å². The second-order valence-corrected chi connectivity index (χ2v) is 6.53. The van der Waals surface area contributed by atoms with Crippen LogP contribution in [0.1, 0.15) is 71.6 Å². The van der Waals surface area contributed by atoms with Gasteiger partial charge in [0.15, 0.2) is 5.78 Å². The van der Waals surface area contributed by atoms with Crippen molar-refractivity contribution in [3.05, 3.63) is 34.9 Å². The Kier molecular flexibility index (Phi) is 10.4. The molecule has 1 aliphatic carbocycles. The fourth-order valence-electron chi connectivity index (χ4n) is 2.61. The van der Waals surface area contributed by atoms with Crippen LogP contribution in [0, 0.1) is 0 Å². The lowest BCUT2D eigenvalue weighted by Crippen LogP contribution is -2.18. The maximum Gasteiger partial charge on any atom is 0.306 e. The number of carbonyl (C=O) groups excluding carboxylic acids is 2. The number of allylic oxidation sites excluding steroid dienone is 5.